The number of fused-ring (bicyclic) bond motifs is 1. The normalized spacial score (nSPS) is 13.2. The van der Waals surface area contributed by atoms with E-state index in [0.717, 1.165) is 0 Å². The topological polar surface area (TPSA) is 124 Å². The second kappa shape index (κ2) is 4.40. The maximum atomic E-state index is 11.6. The molecule has 2 rings (SSSR count). The summed E-state index contributed by atoms with van der Waals surface area (Å²) < 4.78 is 25.3. The van der Waals surface area contributed by atoms with Crippen molar-refractivity contribution in [2.45, 2.75) is 12.2 Å². The van der Waals surface area contributed by atoms with Crippen molar-refractivity contribution in [2.75, 3.05) is 4.72 Å². The third-order valence-electron chi connectivity index (χ3n) is 2.12. The molecular formula is C8H7ClN6O2S. The number of H-pyrrole nitrogens is 1. The summed E-state index contributed by atoms with van der Waals surface area (Å²) >= 11 is 5.82. The Balaban J connectivity index is 2.42. The molecule has 2 heterocycles. The Hall–Kier alpha value is -1.92. The molecule has 0 aliphatic rings. The van der Waals surface area contributed by atoms with Gasteiger partial charge < -0.3 is 4.98 Å². The van der Waals surface area contributed by atoms with Crippen molar-refractivity contribution in [3.8, 4) is 6.07 Å². The first-order chi connectivity index (χ1) is 8.44. The van der Waals surface area contributed by atoms with Crippen molar-refractivity contribution < 1.29 is 8.42 Å². The molecule has 8 nitrogen and oxygen atoms in total. The van der Waals surface area contributed by atoms with Crippen LogP contribution in [0.5, 0.6) is 0 Å². The SMILES string of the molecule is CC(C#N)S(=O)(=O)Nc1nc(Cl)c2[nH]cnc2n1. The standard InChI is InChI=1S/C8H7ClN6O2S/c1-4(2-10)18(16,17)15-8-13-6(9)5-7(14-8)12-3-11-5/h3-4H,1H3,(H2,11,12,13,14,15). The Bertz CT molecular complexity index is 734. The number of aromatic amines is 1. The molecule has 10 heteroatoms. The van der Waals surface area contributed by atoms with Gasteiger partial charge >= 0.3 is 0 Å². The molecule has 0 saturated heterocycles. The summed E-state index contributed by atoms with van der Waals surface area (Å²) in [5.41, 5.74) is 0.644. The van der Waals surface area contributed by atoms with Gasteiger partial charge in [-0.2, -0.15) is 15.2 Å². The zero-order valence-corrected chi connectivity index (χ0v) is 10.6. The van der Waals surface area contributed by atoms with Gasteiger partial charge in [-0.1, -0.05) is 11.6 Å². The maximum Gasteiger partial charge on any atom is 0.251 e. The lowest BCUT2D eigenvalue weighted by molar-refractivity contribution is 0.597. The molecular weight excluding hydrogens is 280 g/mol. The van der Waals surface area contributed by atoms with Crippen LogP contribution in [0.4, 0.5) is 5.95 Å². The van der Waals surface area contributed by atoms with Crippen molar-refractivity contribution in [1.29, 1.82) is 5.26 Å². The molecule has 0 aliphatic carbocycles. The maximum absolute atomic E-state index is 11.6. The Labute approximate surface area is 107 Å². The molecule has 2 aromatic heterocycles. The number of anilines is 1. The minimum atomic E-state index is -3.86. The number of nitrogens with one attached hydrogen (secondary N) is 2. The number of nitrogens with zero attached hydrogens (tertiary/aromatic N) is 4. The second-order valence-electron chi connectivity index (χ2n) is 3.36. The van der Waals surface area contributed by atoms with Gasteiger partial charge in [-0.25, -0.2) is 18.1 Å². The number of hydrogen-bond donors (Lipinski definition) is 2. The molecule has 1 atom stereocenters. The van der Waals surface area contributed by atoms with Crippen LogP contribution in [-0.4, -0.2) is 33.6 Å². The molecule has 94 valence electrons. The van der Waals surface area contributed by atoms with E-state index in [0.29, 0.717) is 5.52 Å². The fourth-order valence-electron chi connectivity index (χ4n) is 1.13. The molecule has 18 heavy (non-hydrogen) atoms. The van der Waals surface area contributed by atoms with Crippen molar-refractivity contribution in [3.63, 3.8) is 0 Å². The van der Waals surface area contributed by atoms with E-state index in [1.165, 1.54) is 13.3 Å². The fraction of sp³-hybridized carbons (Fsp3) is 0.250. The predicted octanol–water partition coefficient (Wildman–Crippen LogP) is 0.660. The summed E-state index contributed by atoms with van der Waals surface area (Å²) in [6.45, 7) is 1.25. The Kier molecular flexibility index (Phi) is 3.06. The summed E-state index contributed by atoms with van der Waals surface area (Å²) in [5, 5.41) is 7.40. The summed E-state index contributed by atoms with van der Waals surface area (Å²) in [4.78, 5) is 14.2. The van der Waals surface area contributed by atoms with Gasteiger partial charge in [0.15, 0.2) is 16.1 Å². The highest BCUT2D eigenvalue weighted by molar-refractivity contribution is 7.93. The lowest BCUT2D eigenvalue weighted by atomic mass is 10.5. The van der Waals surface area contributed by atoms with Crippen molar-refractivity contribution in [3.05, 3.63) is 11.5 Å². The zero-order valence-electron chi connectivity index (χ0n) is 9.05. The number of imidazole rings is 1. The van der Waals surface area contributed by atoms with Crippen LogP contribution in [0.15, 0.2) is 6.33 Å². The number of halogens is 1. The molecule has 2 aromatic rings. The van der Waals surface area contributed by atoms with Crippen LogP contribution in [0.1, 0.15) is 6.92 Å². The van der Waals surface area contributed by atoms with Crippen molar-refractivity contribution in [1.82, 2.24) is 19.9 Å². The molecule has 0 spiro atoms. The van der Waals surface area contributed by atoms with Crippen molar-refractivity contribution >= 4 is 38.7 Å². The average Bonchev–Trinajstić information content (AvgIpc) is 2.75. The van der Waals surface area contributed by atoms with E-state index in [2.05, 4.69) is 24.7 Å². The minimum absolute atomic E-state index is 0.0415. The van der Waals surface area contributed by atoms with Gasteiger partial charge in [0.2, 0.25) is 5.95 Å². The number of rotatable bonds is 3. The minimum Gasteiger partial charge on any atom is -0.341 e. The van der Waals surface area contributed by atoms with Crippen LogP contribution in [0.3, 0.4) is 0 Å². The third-order valence-corrected chi connectivity index (χ3v) is 3.90. The van der Waals surface area contributed by atoms with E-state index in [1.54, 1.807) is 6.07 Å². The van der Waals surface area contributed by atoms with Gasteiger partial charge in [0.05, 0.1) is 12.4 Å². The molecule has 1 unspecified atom stereocenters. The monoisotopic (exact) mass is 286 g/mol. The van der Waals surface area contributed by atoms with E-state index in [4.69, 9.17) is 16.9 Å². The summed E-state index contributed by atoms with van der Waals surface area (Å²) in [6, 6.07) is 1.61. The van der Waals surface area contributed by atoms with Crippen LogP contribution < -0.4 is 4.72 Å². The summed E-state index contributed by atoms with van der Waals surface area (Å²) in [7, 11) is -3.86. The van der Waals surface area contributed by atoms with E-state index in [1.807, 2.05) is 0 Å². The summed E-state index contributed by atoms with van der Waals surface area (Å²) in [6.07, 6.45) is 1.36. The van der Waals surface area contributed by atoms with Gasteiger partial charge in [-0.05, 0) is 6.92 Å². The third kappa shape index (κ3) is 2.20. The highest BCUT2D eigenvalue weighted by atomic mass is 35.5. The number of aromatic nitrogens is 4. The van der Waals surface area contributed by atoms with Gasteiger partial charge in [0, 0.05) is 0 Å². The van der Waals surface area contributed by atoms with Gasteiger partial charge in [-0.3, -0.25) is 0 Å². The van der Waals surface area contributed by atoms with E-state index >= 15 is 0 Å². The smallest absolute Gasteiger partial charge is 0.251 e. The van der Waals surface area contributed by atoms with E-state index < -0.39 is 15.3 Å². The average molecular weight is 287 g/mol. The number of sulfonamides is 1. The highest BCUT2D eigenvalue weighted by Gasteiger charge is 2.22. The first-order valence-electron chi connectivity index (χ1n) is 4.72. The number of nitriles is 1. The van der Waals surface area contributed by atoms with Crippen LogP contribution >= 0.6 is 11.6 Å². The zero-order chi connectivity index (χ0) is 13.3. The molecule has 0 fully saturated rings. The lowest BCUT2D eigenvalue weighted by Gasteiger charge is -2.07. The van der Waals surface area contributed by atoms with Crippen LogP contribution in [0.25, 0.3) is 11.2 Å². The van der Waals surface area contributed by atoms with Crippen LogP contribution in [0.2, 0.25) is 5.15 Å². The van der Waals surface area contributed by atoms with Gasteiger partial charge in [0.25, 0.3) is 10.0 Å². The first-order valence-corrected chi connectivity index (χ1v) is 6.64. The van der Waals surface area contributed by atoms with Crippen molar-refractivity contribution in [2.24, 2.45) is 0 Å². The largest absolute Gasteiger partial charge is 0.341 e. The summed E-state index contributed by atoms with van der Waals surface area (Å²) in [5.74, 6) is -0.221. The van der Waals surface area contributed by atoms with E-state index in [9.17, 15) is 8.42 Å². The molecule has 0 aromatic carbocycles. The number of hydrogen-bond acceptors (Lipinski definition) is 6. The Morgan fingerprint density at radius 3 is 2.94 bits per heavy atom. The highest BCUT2D eigenvalue weighted by Crippen LogP contribution is 2.19. The molecule has 0 bridgehead atoms. The fourth-order valence-corrected chi connectivity index (χ4v) is 2.01. The van der Waals surface area contributed by atoms with E-state index in [-0.39, 0.29) is 16.7 Å². The Morgan fingerprint density at radius 1 is 1.56 bits per heavy atom. The predicted molar refractivity (Wildman–Crippen MR) is 64.3 cm³/mol. The molecule has 0 amide bonds. The molecule has 0 radical (unpaired) electrons. The first kappa shape index (κ1) is 12.5. The molecule has 0 saturated carbocycles. The lowest BCUT2D eigenvalue weighted by Crippen LogP contribution is -2.25. The molecule has 0 aliphatic heterocycles. The second-order valence-corrected chi connectivity index (χ2v) is 5.72. The molecule has 2 N–H and O–H groups in total. The van der Waals surface area contributed by atoms with Crippen LogP contribution in [-0.2, 0) is 10.0 Å². The van der Waals surface area contributed by atoms with Gasteiger partial charge in [-0.15, -0.1) is 0 Å². The van der Waals surface area contributed by atoms with Crippen LogP contribution in [0, 0.1) is 11.3 Å². The quantitative estimate of drug-likeness (QED) is 0.799. The Morgan fingerprint density at radius 2 is 2.28 bits per heavy atom. The van der Waals surface area contributed by atoms with Gasteiger partial charge in [0.1, 0.15) is 5.52 Å².